The molecule has 3 aliphatic rings. The van der Waals surface area contributed by atoms with Gasteiger partial charge in [0.25, 0.3) is 0 Å². The van der Waals surface area contributed by atoms with Crippen LogP contribution in [-0.4, -0.2) is 11.6 Å². The summed E-state index contributed by atoms with van der Waals surface area (Å²) in [5.41, 5.74) is 4.60. The number of hydrogen-bond acceptors (Lipinski definition) is 2. The van der Waals surface area contributed by atoms with Crippen LogP contribution in [0.5, 0.6) is 0 Å². The van der Waals surface area contributed by atoms with Gasteiger partial charge in [-0.25, -0.2) is 0 Å². The zero-order valence-electron chi connectivity index (χ0n) is 16.0. The Morgan fingerprint density at radius 3 is 1.93 bits per heavy atom. The molecule has 0 spiro atoms. The lowest BCUT2D eigenvalue weighted by atomic mass is 9.70. The molecule has 0 unspecified atom stereocenters. The van der Waals surface area contributed by atoms with E-state index in [4.69, 9.17) is 4.74 Å². The molecule has 2 bridgehead atoms. The Hall–Kier alpha value is -2.35. The van der Waals surface area contributed by atoms with E-state index in [1.54, 1.807) is 0 Å². The number of carbonyl (C=O) groups excluding carboxylic acids is 1. The van der Waals surface area contributed by atoms with E-state index < -0.39 is 5.60 Å². The molecule has 5 rings (SSSR count). The van der Waals surface area contributed by atoms with E-state index in [2.05, 4.69) is 74.5 Å². The third kappa shape index (κ3) is 2.74. The van der Waals surface area contributed by atoms with Crippen LogP contribution in [0.4, 0.5) is 0 Å². The monoisotopic (exact) mass is 358 g/mol. The first-order valence-corrected chi connectivity index (χ1v) is 10.1. The SMILES string of the molecule is Cc1ccc(CC2(Cc3ccc(C)cc3)OC(=O)[C@@H]3[C@H]2[C@@H]2C=C[C@H]3C2)cc1. The van der Waals surface area contributed by atoms with Gasteiger partial charge in [-0.3, -0.25) is 4.79 Å². The normalized spacial score (nSPS) is 29.8. The summed E-state index contributed by atoms with van der Waals surface area (Å²) in [7, 11) is 0. The lowest BCUT2D eigenvalue weighted by molar-refractivity contribution is -0.152. The molecule has 4 atom stereocenters. The van der Waals surface area contributed by atoms with Crippen molar-refractivity contribution in [1.82, 2.24) is 0 Å². The summed E-state index contributed by atoms with van der Waals surface area (Å²) >= 11 is 0. The Bertz CT molecular complexity index is 843. The molecule has 0 N–H and O–H groups in total. The van der Waals surface area contributed by atoms with Crippen molar-refractivity contribution >= 4 is 5.97 Å². The predicted molar refractivity (Wildman–Crippen MR) is 106 cm³/mol. The van der Waals surface area contributed by atoms with Crippen LogP contribution < -0.4 is 0 Å². The molecule has 27 heavy (non-hydrogen) atoms. The van der Waals surface area contributed by atoms with Crippen molar-refractivity contribution < 1.29 is 9.53 Å². The van der Waals surface area contributed by atoms with Gasteiger partial charge < -0.3 is 4.74 Å². The second-order valence-electron chi connectivity index (χ2n) is 8.81. The van der Waals surface area contributed by atoms with Crippen LogP contribution in [0.15, 0.2) is 60.7 Å². The van der Waals surface area contributed by atoms with Crippen molar-refractivity contribution in [3.8, 4) is 0 Å². The number of carbonyl (C=O) groups is 1. The fourth-order valence-corrected chi connectivity index (χ4v) is 5.67. The third-order valence-electron chi connectivity index (χ3n) is 6.89. The number of fused-ring (bicyclic) bond motifs is 5. The first-order chi connectivity index (χ1) is 13.0. The highest BCUT2D eigenvalue weighted by molar-refractivity contribution is 5.78. The molecular formula is C25H26O2. The van der Waals surface area contributed by atoms with E-state index in [1.165, 1.54) is 22.3 Å². The average molecular weight is 358 g/mol. The third-order valence-corrected chi connectivity index (χ3v) is 6.89. The molecule has 2 fully saturated rings. The van der Waals surface area contributed by atoms with E-state index in [0.29, 0.717) is 17.8 Å². The number of allylic oxidation sites excluding steroid dienone is 2. The van der Waals surface area contributed by atoms with Crippen LogP contribution >= 0.6 is 0 Å². The van der Waals surface area contributed by atoms with Crippen molar-refractivity contribution in [3.63, 3.8) is 0 Å². The van der Waals surface area contributed by atoms with Gasteiger partial charge in [-0.15, -0.1) is 0 Å². The molecular weight excluding hydrogens is 332 g/mol. The van der Waals surface area contributed by atoms with Gasteiger partial charge in [0, 0.05) is 18.8 Å². The molecule has 2 nitrogen and oxygen atoms in total. The minimum Gasteiger partial charge on any atom is -0.458 e. The Morgan fingerprint density at radius 2 is 1.37 bits per heavy atom. The number of hydrogen-bond donors (Lipinski definition) is 0. The highest BCUT2D eigenvalue weighted by Crippen LogP contribution is 2.59. The summed E-state index contributed by atoms with van der Waals surface area (Å²) < 4.78 is 6.29. The van der Waals surface area contributed by atoms with Gasteiger partial charge in [-0.2, -0.15) is 0 Å². The quantitative estimate of drug-likeness (QED) is 0.578. The van der Waals surface area contributed by atoms with Crippen LogP contribution in [0.2, 0.25) is 0 Å². The zero-order valence-corrected chi connectivity index (χ0v) is 16.0. The molecule has 0 amide bonds. The van der Waals surface area contributed by atoms with Crippen molar-refractivity contribution in [2.45, 2.75) is 38.7 Å². The van der Waals surface area contributed by atoms with E-state index in [9.17, 15) is 4.79 Å². The summed E-state index contributed by atoms with van der Waals surface area (Å²) in [5, 5.41) is 0. The first-order valence-electron chi connectivity index (χ1n) is 10.1. The molecule has 2 heteroatoms. The fourth-order valence-electron chi connectivity index (χ4n) is 5.67. The molecule has 2 aliphatic carbocycles. The zero-order chi connectivity index (χ0) is 18.6. The van der Waals surface area contributed by atoms with Crippen LogP contribution in [0.1, 0.15) is 28.7 Å². The van der Waals surface area contributed by atoms with Crippen LogP contribution in [0.3, 0.4) is 0 Å². The molecule has 1 aliphatic heterocycles. The summed E-state index contributed by atoms with van der Waals surface area (Å²) in [5.74, 6) is 1.22. The maximum absolute atomic E-state index is 12.9. The maximum atomic E-state index is 12.9. The molecule has 0 radical (unpaired) electrons. The highest BCUT2D eigenvalue weighted by Gasteiger charge is 2.64. The maximum Gasteiger partial charge on any atom is 0.310 e. The molecule has 1 heterocycles. The van der Waals surface area contributed by atoms with E-state index in [-0.39, 0.29) is 11.9 Å². The summed E-state index contributed by atoms with van der Waals surface area (Å²) in [6.45, 7) is 4.22. The first kappa shape index (κ1) is 16.8. The van der Waals surface area contributed by atoms with Crippen LogP contribution in [0.25, 0.3) is 0 Å². The van der Waals surface area contributed by atoms with Gasteiger partial charge in [0.15, 0.2) is 0 Å². The van der Waals surface area contributed by atoms with Gasteiger partial charge in [-0.1, -0.05) is 71.8 Å². The number of cyclic esters (lactones) is 1. The van der Waals surface area contributed by atoms with E-state index in [1.807, 2.05) is 0 Å². The molecule has 1 saturated carbocycles. The largest absolute Gasteiger partial charge is 0.458 e. The lowest BCUT2D eigenvalue weighted by Gasteiger charge is -2.36. The van der Waals surface area contributed by atoms with Gasteiger partial charge in [0.1, 0.15) is 5.60 Å². The van der Waals surface area contributed by atoms with Gasteiger partial charge >= 0.3 is 5.97 Å². The van der Waals surface area contributed by atoms with Crippen LogP contribution in [-0.2, 0) is 22.4 Å². The minimum absolute atomic E-state index is 0.0241. The molecule has 1 saturated heterocycles. The van der Waals surface area contributed by atoms with Crippen molar-refractivity contribution in [3.05, 3.63) is 82.9 Å². The fraction of sp³-hybridized carbons (Fsp3) is 0.400. The summed E-state index contributed by atoms with van der Waals surface area (Å²) in [4.78, 5) is 12.9. The van der Waals surface area contributed by atoms with Crippen molar-refractivity contribution in [2.24, 2.45) is 23.7 Å². The van der Waals surface area contributed by atoms with Gasteiger partial charge in [-0.05, 0) is 43.2 Å². The molecule has 0 aromatic heterocycles. The molecule has 2 aromatic rings. The molecule has 138 valence electrons. The second-order valence-corrected chi connectivity index (χ2v) is 8.81. The number of rotatable bonds is 4. The highest BCUT2D eigenvalue weighted by atomic mass is 16.6. The van der Waals surface area contributed by atoms with Crippen molar-refractivity contribution in [2.75, 3.05) is 0 Å². The van der Waals surface area contributed by atoms with Gasteiger partial charge in [0.05, 0.1) is 5.92 Å². The number of esters is 1. The summed E-state index contributed by atoms with van der Waals surface area (Å²) in [6, 6.07) is 17.4. The Balaban J connectivity index is 1.55. The smallest absolute Gasteiger partial charge is 0.310 e. The number of benzene rings is 2. The predicted octanol–water partition coefficient (Wildman–Crippen LogP) is 4.82. The van der Waals surface area contributed by atoms with E-state index in [0.717, 1.165) is 19.3 Å². The lowest BCUT2D eigenvalue weighted by Crippen LogP contribution is -2.43. The topological polar surface area (TPSA) is 26.3 Å². The Morgan fingerprint density at radius 1 is 0.852 bits per heavy atom. The Kier molecular flexibility index (Phi) is 3.79. The Labute approximate surface area is 161 Å². The van der Waals surface area contributed by atoms with E-state index >= 15 is 0 Å². The average Bonchev–Trinajstić information content (AvgIpc) is 3.33. The van der Waals surface area contributed by atoms with Gasteiger partial charge in [0.2, 0.25) is 0 Å². The number of aryl methyl sites for hydroxylation is 2. The summed E-state index contributed by atoms with van der Waals surface area (Å²) in [6.07, 6.45) is 7.30. The van der Waals surface area contributed by atoms with Crippen molar-refractivity contribution in [1.29, 1.82) is 0 Å². The van der Waals surface area contributed by atoms with Crippen LogP contribution in [0, 0.1) is 37.5 Å². The number of ether oxygens (including phenoxy) is 1. The second kappa shape index (κ2) is 6.09. The minimum atomic E-state index is -0.434. The standard InChI is InChI=1S/C25H26O2/c1-16-3-7-18(8-4-16)14-25(15-19-9-5-17(2)6-10-19)23-21-12-11-20(13-21)22(23)24(26)27-25/h3-12,20-23H,13-15H2,1-2H3/t20-,21+,22-,23+/m0/s1. The molecule has 2 aromatic carbocycles.